The third kappa shape index (κ3) is 2.17. The summed E-state index contributed by atoms with van der Waals surface area (Å²) in [5.74, 6) is -0.661. The molecule has 0 heterocycles. The molecular weight excluding hydrogens is 173 g/mol. The van der Waals surface area contributed by atoms with Gasteiger partial charge in [-0.1, -0.05) is 0 Å². The van der Waals surface area contributed by atoms with E-state index in [0.29, 0.717) is 0 Å². The number of halogens is 1. The van der Waals surface area contributed by atoms with Crippen LogP contribution in [0.5, 0.6) is 0 Å². The van der Waals surface area contributed by atoms with Crippen molar-refractivity contribution in [1.29, 1.82) is 5.26 Å². The molecule has 0 fully saturated rings. The molecular formula is C8H5FN3O. The van der Waals surface area contributed by atoms with Crippen LogP contribution in [0, 0.1) is 23.2 Å². The highest BCUT2D eigenvalue weighted by molar-refractivity contribution is 5.89. The van der Waals surface area contributed by atoms with Crippen molar-refractivity contribution in [2.24, 2.45) is 5.73 Å². The highest BCUT2D eigenvalue weighted by Crippen LogP contribution is 2.14. The molecule has 1 aromatic carbocycles. The summed E-state index contributed by atoms with van der Waals surface area (Å²) in [5, 5.41) is 10.7. The first-order valence-corrected chi connectivity index (χ1v) is 3.31. The summed E-state index contributed by atoms with van der Waals surface area (Å²) < 4.78 is 12.5. The first-order valence-electron chi connectivity index (χ1n) is 3.31. The Morgan fingerprint density at radius 2 is 2.46 bits per heavy atom. The lowest BCUT2D eigenvalue weighted by atomic mass is 10.2. The predicted octanol–water partition coefficient (Wildman–Crippen LogP) is 0.988. The molecule has 2 amide bonds. The van der Waals surface area contributed by atoms with Gasteiger partial charge in [-0.3, -0.25) is 0 Å². The normalized spacial score (nSPS) is 8.92. The van der Waals surface area contributed by atoms with Crippen LogP contribution >= 0.6 is 0 Å². The lowest BCUT2D eigenvalue weighted by Gasteiger charge is -2.02. The topological polar surface area (TPSA) is 78.9 Å². The monoisotopic (exact) mass is 178 g/mol. The van der Waals surface area contributed by atoms with Crippen LogP contribution in [0.1, 0.15) is 5.56 Å². The van der Waals surface area contributed by atoms with Gasteiger partial charge in [0.05, 0.1) is 11.3 Å². The van der Waals surface area contributed by atoms with Gasteiger partial charge in [-0.2, -0.15) is 5.26 Å². The Morgan fingerprint density at radius 1 is 1.77 bits per heavy atom. The molecule has 0 aliphatic carbocycles. The molecule has 13 heavy (non-hydrogen) atoms. The van der Waals surface area contributed by atoms with Crippen LogP contribution in [0.3, 0.4) is 0 Å². The largest absolute Gasteiger partial charge is 0.351 e. The molecule has 0 unspecified atom stereocenters. The fourth-order valence-corrected chi connectivity index (χ4v) is 0.794. The fraction of sp³-hybridized carbons (Fsp3) is 0. The van der Waals surface area contributed by atoms with Crippen molar-refractivity contribution in [2.45, 2.75) is 0 Å². The zero-order chi connectivity index (χ0) is 9.84. The van der Waals surface area contributed by atoms with E-state index in [-0.39, 0.29) is 11.3 Å². The summed E-state index contributed by atoms with van der Waals surface area (Å²) >= 11 is 0. The van der Waals surface area contributed by atoms with E-state index in [1.165, 1.54) is 0 Å². The summed E-state index contributed by atoms with van der Waals surface area (Å²) in [6.45, 7) is 0. The third-order valence-electron chi connectivity index (χ3n) is 1.29. The van der Waals surface area contributed by atoms with E-state index in [1.54, 1.807) is 6.07 Å². The summed E-state index contributed by atoms with van der Waals surface area (Å²) in [6.07, 6.45) is 0. The summed E-state index contributed by atoms with van der Waals surface area (Å²) in [4.78, 5) is 10.4. The first-order chi connectivity index (χ1) is 6.13. The fourth-order valence-electron chi connectivity index (χ4n) is 0.794. The van der Waals surface area contributed by atoms with Gasteiger partial charge in [0.25, 0.3) is 0 Å². The van der Waals surface area contributed by atoms with Crippen molar-refractivity contribution in [2.75, 3.05) is 5.32 Å². The number of nitriles is 1. The van der Waals surface area contributed by atoms with Crippen molar-refractivity contribution in [3.63, 3.8) is 0 Å². The van der Waals surface area contributed by atoms with Crippen LogP contribution in [0.4, 0.5) is 14.9 Å². The van der Waals surface area contributed by atoms with Gasteiger partial charge >= 0.3 is 6.03 Å². The molecule has 0 spiro atoms. The van der Waals surface area contributed by atoms with E-state index in [4.69, 9.17) is 11.0 Å². The lowest BCUT2D eigenvalue weighted by Crippen LogP contribution is -2.19. The number of hydrogen-bond donors (Lipinski definition) is 2. The minimum atomic E-state index is -0.809. The number of primary amides is 1. The molecule has 5 heteroatoms. The molecule has 0 aliphatic heterocycles. The number of nitrogens with zero attached hydrogens (tertiary/aromatic N) is 1. The molecule has 0 aromatic heterocycles. The molecule has 0 saturated carbocycles. The average Bonchev–Trinajstić information content (AvgIpc) is 2.07. The van der Waals surface area contributed by atoms with Gasteiger partial charge in [-0.05, 0) is 12.1 Å². The number of amides is 2. The number of hydrogen-bond acceptors (Lipinski definition) is 2. The van der Waals surface area contributed by atoms with Crippen LogP contribution in [0.2, 0.25) is 0 Å². The van der Waals surface area contributed by atoms with Crippen molar-refractivity contribution in [1.82, 2.24) is 0 Å². The maximum atomic E-state index is 12.5. The van der Waals surface area contributed by atoms with Gasteiger partial charge in [-0.25, -0.2) is 9.18 Å². The lowest BCUT2D eigenvalue weighted by molar-refractivity contribution is 0.259. The molecule has 1 rings (SSSR count). The van der Waals surface area contributed by atoms with Gasteiger partial charge in [0.1, 0.15) is 11.9 Å². The molecule has 1 aromatic rings. The zero-order valence-corrected chi connectivity index (χ0v) is 6.47. The molecule has 1 radical (unpaired) electrons. The Bertz CT molecular complexity index is 383. The molecule has 0 bridgehead atoms. The third-order valence-corrected chi connectivity index (χ3v) is 1.29. The van der Waals surface area contributed by atoms with Gasteiger partial charge in [0.15, 0.2) is 0 Å². The van der Waals surface area contributed by atoms with Crippen molar-refractivity contribution < 1.29 is 9.18 Å². The molecule has 4 nitrogen and oxygen atoms in total. The molecule has 0 aliphatic rings. The van der Waals surface area contributed by atoms with Crippen LogP contribution in [0.15, 0.2) is 12.1 Å². The van der Waals surface area contributed by atoms with E-state index in [0.717, 1.165) is 12.1 Å². The summed E-state index contributed by atoms with van der Waals surface area (Å²) in [6, 6.07) is 5.21. The minimum Gasteiger partial charge on any atom is -0.351 e. The second-order valence-electron chi connectivity index (χ2n) is 2.21. The summed E-state index contributed by atoms with van der Waals surface area (Å²) in [7, 11) is 0. The van der Waals surface area contributed by atoms with Gasteiger partial charge < -0.3 is 11.1 Å². The van der Waals surface area contributed by atoms with Crippen molar-refractivity contribution in [3.8, 4) is 6.07 Å². The highest BCUT2D eigenvalue weighted by Gasteiger charge is 2.04. The van der Waals surface area contributed by atoms with E-state index in [9.17, 15) is 9.18 Å². The number of rotatable bonds is 1. The maximum absolute atomic E-state index is 12.5. The maximum Gasteiger partial charge on any atom is 0.316 e. The van der Waals surface area contributed by atoms with Crippen LogP contribution in [-0.2, 0) is 0 Å². The Kier molecular flexibility index (Phi) is 2.45. The predicted molar refractivity (Wildman–Crippen MR) is 43.2 cm³/mol. The number of urea groups is 1. The van der Waals surface area contributed by atoms with Crippen LogP contribution in [-0.4, -0.2) is 6.03 Å². The van der Waals surface area contributed by atoms with Crippen LogP contribution < -0.4 is 11.1 Å². The quantitative estimate of drug-likeness (QED) is 0.672. The van der Waals surface area contributed by atoms with E-state index in [2.05, 4.69) is 11.4 Å². The standard InChI is InChI=1S/C8H5FN3O/c9-6-1-2-7(12-8(11)13)5(3-6)4-10/h2-3H,(H3,11,12,13). The van der Waals surface area contributed by atoms with E-state index >= 15 is 0 Å². The minimum absolute atomic E-state index is 0.00931. The summed E-state index contributed by atoms with van der Waals surface area (Å²) in [5.41, 5.74) is 4.98. The Balaban J connectivity index is 3.08. The molecule has 3 N–H and O–H groups in total. The first kappa shape index (κ1) is 9.00. The highest BCUT2D eigenvalue weighted by atomic mass is 19.1. The number of nitrogens with one attached hydrogen (secondary N) is 1. The number of nitrogens with two attached hydrogens (primary N) is 1. The van der Waals surface area contributed by atoms with Gasteiger partial charge in [0, 0.05) is 6.07 Å². The molecule has 65 valence electrons. The van der Waals surface area contributed by atoms with Crippen LogP contribution in [0.25, 0.3) is 0 Å². The number of benzene rings is 1. The van der Waals surface area contributed by atoms with Crippen molar-refractivity contribution in [3.05, 3.63) is 29.6 Å². The van der Waals surface area contributed by atoms with Crippen molar-refractivity contribution >= 4 is 11.7 Å². The van der Waals surface area contributed by atoms with E-state index < -0.39 is 11.8 Å². The second-order valence-corrected chi connectivity index (χ2v) is 2.21. The smallest absolute Gasteiger partial charge is 0.316 e. The number of carbonyl (C=O) groups is 1. The molecule has 0 saturated heterocycles. The van der Waals surface area contributed by atoms with E-state index in [1.807, 2.05) is 0 Å². The average molecular weight is 178 g/mol. The zero-order valence-electron chi connectivity index (χ0n) is 6.47. The van der Waals surface area contributed by atoms with Gasteiger partial charge in [0.2, 0.25) is 0 Å². The number of carbonyl (C=O) groups excluding carboxylic acids is 1. The van der Waals surface area contributed by atoms with Gasteiger partial charge in [-0.15, -0.1) is 0 Å². The SMILES string of the molecule is N#Cc1cc(F)[c]cc1NC(N)=O. The Labute approximate surface area is 73.8 Å². The molecule has 0 atom stereocenters. The second kappa shape index (κ2) is 3.54. The number of anilines is 1. The Morgan fingerprint density at radius 3 is 3.00 bits per heavy atom. The Hall–Kier alpha value is -2.09.